The molecule has 0 aliphatic carbocycles. The van der Waals surface area contributed by atoms with Gasteiger partial charge in [-0.1, -0.05) is 66.6 Å². The van der Waals surface area contributed by atoms with Crippen LogP contribution >= 0.6 is 11.6 Å². The van der Waals surface area contributed by atoms with E-state index >= 15 is 0 Å². The first-order valence-electron chi connectivity index (χ1n) is 12.0. The Morgan fingerprint density at radius 1 is 0.973 bits per heavy atom. The number of benzene rings is 3. The molecule has 1 atom stereocenters. The fraction of sp³-hybridized carbons (Fsp3) is 0.286. The Kier molecular flexibility index (Phi) is 9.34. The standard InChI is InChI=1S/C28H32ClN3O4S/c1-5-26(28(34)30-4)31(18-22-10-7-6-9-21(22)3)27(33)19-32(24-12-8-11-23(29)17-24)37(35,36)25-15-13-20(2)14-16-25/h6-17,26H,5,18-19H2,1-4H3,(H,30,34)/t26-/m0/s1. The summed E-state index contributed by atoms with van der Waals surface area (Å²) >= 11 is 6.19. The lowest BCUT2D eigenvalue weighted by molar-refractivity contribution is -0.140. The van der Waals surface area contributed by atoms with Crippen LogP contribution in [0.5, 0.6) is 0 Å². The first-order chi connectivity index (χ1) is 17.6. The summed E-state index contributed by atoms with van der Waals surface area (Å²) in [6, 6.07) is 19.6. The molecule has 0 spiro atoms. The molecule has 1 N–H and O–H groups in total. The molecule has 0 radical (unpaired) electrons. The molecule has 196 valence electrons. The van der Waals surface area contributed by atoms with Crippen molar-refractivity contribution in [1.29, 1.82) is 0 Å². The van der Waals surface area contributed by atoms with Crippen LogP contribution in [-0.4, -0.2) is 44.8 Å². The Labute approximate surface area is 224 Å². The van der Waals surface area contributed by atoms with Gasteiger partial charge in [-0.15, -0.1) is 0 Å². The van der Waals surface area contributed by atoms with Crippen LogP contribution in [0.1, 0.15) is 30.0 Å². The molecule has 0 unspecified atom stereocenters. The minimum Gasteiger partial charge on any atom is -0.357 e. The number of amides is 2. The Morgan fingerprint density at radius 2 is 1.65 bits per heavy atom. The number of nitrogens with one attached hydrogen (secondary N) is 1. The lowest BCUT2D eigenvalue weighted by Crippen LogP contribution is -2.51. The summed E-state index contributed by atoms with van der Waals surface area (Å²) in [7, 11) is -2.61. The summed E-state index contributed by atoms with van der Waals surface area (Å²) in [6.45, 7) is 5.26. The highest BCUT2D eigenvalue weighted by Gasteiger charge is 2.33. The molecule has 9 heteroatoms. The fourth-order valence-corrected chi connectivity index (χ4v) is 5.65. The molecule has 37 heavy (non-hydrogen) atoms. The van der Waals surface area contributed by atoms with Crippen LogP contribution < -0.4 is 9.62 Å². The maximum Gasteiger partial charge on any atom is 0.264 e. The van der Waals surface area contributed by atoms with Gasteiger partial charge in [-0.2, -0.15) is 0 Å². The Balaban J connectivity index is 2.07. The predicted molar refractivity (Wildman–Crippen MR) is 147 cm³/mol. The summed E-state index contributed by atoms with van der Waals surface area (Å²) < 4.78 is 28.6. The summed E-state index contributed by atoms with van der Waals surface area (Å²) in [5, 5.41) is 2.96. The van der Waals surface area contributed by atoms with E-state index in [2.05, 4.69) is 5.32 Å². The zero-order valence-corrected chi connectivity index (χ0v) is 23.0. The number of carbonyl (C=O) groups is 2. The van der Waals surface area contributed by atoms with Crippen LogP contribution in [-0.2, 0) is 26.2 Å². The smallest absolute Gasteiger partial charge is 0.264 e. The minimum atomic E-state index is -4.13. The van der Waals surface area contributed by atoms with Gasteiger partial charge in [-0.25, -0.2) is 8.42 Å². The lowest BCUT2D eigenvalue weighted by Gasteiger charge is -2.33. The average Bonchev–Trinajstić information content (AvgIpc) is 2.88. The van der Waals surface area contributed by atoms with Crippen molar-refractivity contribution in [1.82, 2.24) is 10.2 Å². The molecule has 0 saturated carbocycles. The maximum atomic E-state index is 13.9. The van der Waals surface area contributed by atoms with Crippen molar-refractivity contribution in [2.75, 3.05) is 17.9 Å². The van der Waals surface area contributed by atoms with Gasteiger partial charge < -0.3 is 10.2 Å². The van der Waals surface area contributed by atoms with Crippen molar-refractivity contribution in [3.63, 3.8) is 0 Å². The first-order valence-corrected chi connectivity index (χ1v) is 13.8. The summed E-state index contributed by atoms with van der Waals surface area (Å²) in [5.41, 5.74) is 3.00. The van der Waals surface area contributed by atoms with E-state index in [4.69, 9.17) is 11.6 Å². The third-order valence-electron chi connectivity index (χ3n) is 6.22. The highest BCUT2D eigenvalue weighted by Crippen LogP contribution is 2.27. The number of sulfonamides is 1. The van der Waals surface area contributed by atoms with Gasteiger partial charge >= 0.3 is 0 Å². The Morgan fingerprint density at radius 3 is 2.24 bits per heavy atom. The average molecular weight is 542 g/mol. The number of carbonyl (C=O) groups excluding carboxylic acids is 2. The molecule has 0 aromatic heterocycles. The summed E-state index contributed by atoms with van der Waals surface area (Å²) in [6.07, 6.45) is 0.360. The van der Waals surface area contributed by atoms with E-state index in [9.17, 15) is 18.0 Å². The van der Waals surface area contributed by atoms with Crippen LogP contribution in [0.25, 0.3) is 0 Å². The number of halogens is 1. The van der Waals surface area contributed by atoms with Gasteiger partial charge in [0.1, 0.15) is 12.6 Å². The van der Waals surface area contributed by atoms with E-state index in [0.717, 1.165) is 21.0 Å². The topological polar surface area (TPSA) is 86.8 Å². The van der Waals surface area contributed by atoms with Crippen molar-refractivity contribution >= 4 is 39.1 Å². The molecule has 0 heterocycles. The lowest BCUT2D eigenvalue weighted by atomic mass is 10.1. The van der Waals surface area contributed by atoms with Gasteiger partial charge in [0.15, 0.2) is 0 Å². The third-order valence-corrected chi connectivity index (χ3v) is 8.24. The molecule has 0 bridgehead atoms. The van der Waals surface area contributed by atoms with E-state index in [0.29, 0.717) is 11.4 Å². The second-order valence-corrected chi connectivity index (χ2v) is 11.1. The molecule has 0 fully saturated rings. The van der Waals surface area contributed by atoms with Gasteiger partial charge in [0, 0.05) is 18.6 Å². The van der Waals surface area contributed by atoms with Crippen molar-refractivity contribution < 1.29 is 18.0 Å². The molecule has 3 aromatic rings. The van der Waals surface area contributed by atoms with E-state index in [1.54, 1.807) is 30.3 Å². The molecule has 7 nitrogen and oxygen atoms in total. The second kappa shape index (κ2) is 12.3. The van der Waals surface area contributed by atoms with Crippen LogP contribution in [0.15, 0.2) is 77.7 Å². The van der Waals surface area contributed by atoms with E-state index in [1.807, 2.05) is 45.0 Å². The van der Waals surface area contributed by atoms with Gasteiger partial charge in [-0.3, -0.25) is 13.9 Å². The highest BCUT2D eigenvalue weighted by atomic mass is 35.5. The highest BCUT2D eigenvalue weighted by molar-refractivity contribution is 7.92. The number of nitrogens with zero attached hydrogens (tertiary/aromatic N) is 2. The van der Waals surface area contributed by atoms with Gasteiger partial charge in [0.2, 0.25) is 11.8 Å². The third kappa shape index (κ3) is 6.70. The number of anilines is 1. The number of rotatable bonds is 10. The molecule has 2 amide bonds. The van der Waals surface area contributed by atoms with Crippen LogP contribution in [0.2, 0.25) is 5.02 Å². The van der Waals surface area contributed by atoms with Crippen molar-refractivity contribution in [2.24, 2.45) is 0 Å². The molecular formula is C28H32ClN3O4S. The van der Waals surface area contributed by atoms with E-state index in [1.165, 1.54) is 30.1 Å². The van der Waals surface area contributed by atoms with Crippen LogP contribution in [0, 0.1) is 13.8 Å². The molecule has 0 aliphatic rings. The molecule has 3 rings (SSSR count). The molecule has 3 aromatic carbocycles. The van der Waals surface area contributed by atoms with E-state index < -0.39 is 28.5 Å². The number of likely N-dealkylation sites (N-methyl/N-ethyl adjacent to an activating group) is 1. The van der Waals surface area contributed by atoms with Crippen LogP contribution in [0.3, 0.4) is 0 Å². The largest absolute Gasteiger partial charge is 0.357 e. The zero-order valence-electron chi connectivity index (χ0n) is 21.4. The summed E-state index contributed by atoms with van der Waals surface area (Å²) in [4.78, 5) is 28.1. The Bertz CT molecular complexity index is 1360. The van der Waals surface area contributed by atoms with Gasteiger partial charge in [0.05, 0.1) is 10.6 Å². The van der Waals surface area contributed by atoms with Gasteiger partial charge in [0.25, 0.3) is 10.0 Å². The number of hydrogen-bond acceptors (Lipinski definition) is 4. The normalized spacial score (nSPS) is 12.0. The maximum absolute atomic E-state index is 13.9. The number of hydrogen-bond donors (Lipinski definition) is 1. The van der Waals surface area contributed by atoms with Crippen molar-refractivity contribution in [2.45, 2.75) is 44.7 Å². The van der Waals surface area contributed by atoms with Gasteiger partial charge in [-0.05, 0) is 61.7 Å². The van der Waals surface area contributed by atoms with E-state index in [-0.39, 0.29) is 23.0 Å². The molecule has 0 saturated heterocycles. The second-order valence-electron chi connectivity index (χ2n) is 8.79. The minimum absolute atomic E-state index is 0.0506. The monoisotopic (exact) mass is 541 g/mol. The molecule has 0 aliphatic heterocycles. The quantitative estimate of drug-likeness (QED) is 0.403. The van der Waals surface area contributed by atoms with Crippen LogP contribution in [0.4, 0.5) is 5.69 Å². The number of aryl methyl sites for hydroxylation is 2. The van der Waals surface area contributed by atoms with Crippen molar-refractivity contribution in [3.8, 4) is 0 Å². The summed E-state index contributed by atoms with van der Waals surface area (Å²) in [5.74, 6) is -0.825. The zero-order chi connectivity index (χ0) is 27.2. The predicted octanol–water partition coefficient (Wildman–Crippen LogP) is 4.71. The fourth-order valence-electron chi connectivity index (χ4n) is 4.05. The van der Waals surface area contributed by atoms with Crippen molar-refractivity contribution in [3.05, 3.63) is 94.5 Å². The first kappa shape index (κ1) is 28.2. The SMILES string of the molecule is CC[C@@H](C(=O)NC)N(Cc1ccccc1C)C(=O)CN(c1cccc(Cl)c1)S(=O)(=O)c1ccc(C)cc1. The molecular weight excluding hydrogens is 510 g/mol. The Hall–Kier alpha value is -3.36.